The van der Waals surface area contributed by atoms with Crippen LogP contribution in [0.4, 0.5) is 5.69 Å². The minimum atomic E-state index is -0.155. The maximum absolute atomic E-state index is 12.0. The van der Waals surface area contributed by atoms with E-state index in [4.69, 9.17) is 0 Å². The van der Waals surface area contributed by atoms with Gasteiger partial charge < -0.3 is 9.88 Å². The van der Waals surface area contributed by atoms with Crippen molar-refractivity contribution in [2.75, 3.05) is 5.32 Å². The molecule has 0 bridgehead atoms. The first-order valence-electron chi connectivity index (χ1n) is 5.87. The smallest absolute Gasteiger partial charge is 0.255 e. The third kappa shape index (κ3) is 2.18. The SMILES string of the molecule is Cn1cnc2cc(NC(=O)c3ccccc3)cnc21. The number of carbonyl (C=O) groups is 1. The second-order valence-corrected chi connectivity index (χ2v) is 4.24. The predicted molar refractivity (Wildman–Crippen MR) is 72.9 cm³/mol. The molecule has 3 aromatic rings. The van der Waals surface area contributed by atoms with Gasteiger partial charge in [0.25, 0.3) is 5.91 Å². The second-order valence-electron chi connectivity index (χ2n) is 4.24. The van der Waals surface area contributed by atoms with E-state index >= 15 is 0 Å². The zero-order chi connectivity index (χ0) is 13.2. The average Bonchev–Trinajstić information content (AvgIpc) is 2.81. The largest absolute Gasteiger partial charge is 0.321 e. The summed E-state index contributed by atoms with van der Waals surface area (Å²) in [5, 5.41) is 2.81. The molecule has 2 heterocycles. The third-order valence-electron chi connectivity index (χ3n) is 2.85. The van der Waals surface area contributed by atoms with E-state index in [9.17, 15) is 4.79 Å². The Hall–Kier alpha value is -2.69. The van der Waals surface area contributed by atoms with E-state index in [2.05, 4.69) is 15.3 Å². The van der Waals surface area contributed by atoms with E-state index < -0.39 is 0 Å². The van der Waals surface area contributed by atoms with Crippen LogP contribution in [0.5, 0.6) is 0 Å². The molecule has 0 saturated heterocycles. The zero-order valence-corrected chi connectivity index (χ0v) is 10.4. The molecule has 5 nitrogen and oxygen atoms in total. The Kier molecular flexibility index (Phi) is 2.72. The normalized spacial score (nSPS) is 10.6. The van der Waals surface area contributed by atoms with Gasteiger partial charge in [-0.15, -0.1) is 0 Å². The Balaban J connectivity index is 1.87. The average molecular weight is 252 g/mol. The Morgan fingerprint density at radius 2 is 2.00 bits per heavy atom. The number of imidazole rings is 1. The van der Waals surface area contributed by atoms with Gasteiger partial charge in [-0.3, -0.25) is 4.79 Å². The van der Waals surface area contributed by atoms with E-state index in [1.165, 1.54) is 0 Å². The Morgan fingerprint density at radius 3 is 2.79 bits per heavy atom. The lowest BCUT2D eigenvalue weighted by Gasteiger charge is -2.04. The first-order valence-corrected chi connectivity index (χ1v) is 5.87. The number of rotatable bonds is 2. The van der Waals surface area contributed by atoms with Gasteiger partial charge in [0.1, 0.15) is 5.52 Å². The summed E-state index contributed by atoms with van der Waals surface area (Å²) in [5.41, 5.74) is 2.80. The number of aryl methyl sites for hydroxylation is 1. The van der Waals surface area contributed by atoms with Crippen LogP contribution in [0.1, 0.15) is 10.4 Å². The first kappa shape index (κ1) is 11.4. The molecule has 0 fully saturated rings. The molecule has 2 aromatic heterocycles. The molecule has 94 valence electrons. The number of benzene rings is 1. The number of pyridine rings is 1. The van der Waals surface area contributed by atoms with Crippen molar-refractivity contribution in [3.63, 3.8) is 0 Å². The van der Waals surface area contributed by atoms with Gasteiger partial charge in [-0.1, -0.05) is 18.2 Å². The van der Waals surface area contributed by atoms with E-state index in [0.29, 0.717) is 11.3 Å². The van der Waals surface area contributed by atoms with Gasteiger partial charge in [0, 0.05) is 12.6 Å². The third-order valence-corrected chi connectivity index (χ3v) is 2.85. The van der Waals surface area contributed by atoms with E-state index in [1.807, 2.05) is 35.9 Å². The van der Waals surface area contributed by atoms with Crippen LogP contribution in [-0.4, -0.2) is 20.4 Å². The van der Waals surface area contributed by atoms with Crippen molar-refractivity contribution in [3.05, 3.63) is 54.5 Å². The van der Waals surface area contributed by atoms with E-state index in [0.717, 1.165) is 11.2 Å². The number of nitrogens with one attached hydrogen (secondary N) is 1. The highest BCUT2D eigenvalue weighted by Gasteiger charge is 2.07. The number of fused-ring (bicyclic) bond motifs is 1. The first-order chi connectivity index (χ1) is 9.24. The molecule has 0 unspecified atom stereocenters. The van der Waals surface area contributed by atoms with Crippen molar-refractivity contribution in [3.8, 4) is 0 Å². The van der Waals surface area contributed by atoms with Crippen LogP contribution in [0.25, 0.3) is 11.2 Å². The molecular weight excluding hydrogens is 240 g/mol. The number of hydrogen-bond acceptors (Lipinski definition) is 3. The minimum Gasteiger partial charge on any atom is -0.321 e. The van der Waals surface area contributed by atoms with E-state index in [1.54, 1.807) is 24.7 Å². The van der Waals surface area contributed by atoms with Crippen LogP contribution in [-0.2, 0) is 7.05 Å². The highest BCUT2D eigenvalue weighted by atomic mass is 16.1. The van der Waals surface area contributed by atoms with Gasteiger partial charge in [-0.25, -0.2) is 9.97 Å². The Bertz CT molecular complexity index is 734. The maximum atomic E-state index is 12.0. The van der Waals surface area contributed by atoms with Gasteiger partial charge in [0.15, 0.2) is 5.65 Å². The molecule has 3 rings (SSSR count). The van der Waals surface area contributed by atoms with Crippen LogP contribution < -0.4 is 5.32 Å². The summed E-state index contributed by atoms with van der Waals surface area (Å²) in [7, 11) is 1.88. The lowest BCUT2D eigenvalue weighted by atomic mass is 10.2. The number of aromatic nitrogens is 3. The lowest BCUT2D eigenvalue weighted by molar-refractivity contribution is 0.102. The molecule has 0 aliphatic rings. The number of nitrogens with zero attached hydrogens (tertiary/aromatic N) is 3. The monoisotopic (exact) mass is 252 g/mol. The molecule has 0 atom stereocenters. The fraction of sp³-hybridized carbons (Fsp3) is 0.0714. The molecule has 1 N–H and O–H groups in total. The summed E-state index contributed by atoms with van der Waals surface area (Å²) < 4.78 is 1.83. The molecule has 1 amide bonds. The van der Waals surface area contributed by atoms with Crippen LogP contribution in [0.15, 0.2) is 48.9 Å². The number of amides is 1. The number of carbonyl (C=O) groups excluding carboxylic acids is 1. The van der Waals surface area contributed by atoms with Crippen molar-refractivity contribution in [2.45, 2.75) is 0 Å². The van der Waals surface area contributed by atoms with Crippen molar-refractivity contribution in [1.29, 1.82) is 0 Å². The highest BCUT2D eigenvalue weighted by molar-refractivity contribution is 6.04. The fourth-order valence-electron chi connectivity index (χ4n) is 1.88. The van der Waals surface area contributed by atoms with Gasteiger partial charge in [-0.2, -0.15) is 0 Å². The second kappa shape index (κ2) is 4.53. The van der Waals surface area contributed by atoms with Crippen LogP contribution in [0.2, 0.25) is 0 Å². The minimum absolute atomic E-state index is 0.155. The lowest BCUT2D eigenvalue weighted by Crippen LogP contribution is -2.11. The summed E-state index contributed by atoms with van der Waals surface area (Å²) in [6, 6.07) is 10.9. The van der Waals surface area contributed by atoms with Crippen LogP contribution in [0, 0.1) is 0 Å². The molecule has 5 heteroatoms. The summed E-state index contributed by atoms with van der Waals surface area (Å²) in [4.78, 5) is 20.5. The molecule has 19 heavy (non-hydrogen) atoms. The summed E-state index contributed by atoms with van der Waals surface area (Å²) in [6.45, 7) is 0. The molecule has 0 radical (unpaired) electrons. The van der Waals surface area contributed by atoms with Crippen molar-refractivity contribution >= 4 is 22.8 Å². The number of hydrogen-bond donors (Lipinski definition) is 1. The fourth-order valence-corrected chi connectivity index (χ4v) is 1.88. The number of anilines is 1. The Labute approximate surface area is 109 Å². The Morgan fingerprint density at radius 1 is 1.21 bits per heavy atom. The zero-order valence-electron chi connectivity index (χ0n) is 10.4. The molecular formula is C14H12N4O. The summed E-state index contributed by atoms with van der Waals surface area (Å²) >= 11 is 0. The standard InChI is InChI=1S/C14H12N4O/c1-18-9-16-12-7-11(8-15-13(12)18)17-14(19)10-5-3-2-4-6-10/h2-9H,1H3,(H,17,19). The molecule has 0 saturated carbocycles. The quantitative estimate of drug-likeness (QED) is 0.760. The topological polar surface area (TPSA) is 59.8 Å². The van der Waals surface area contributed by atoms with Gasteiger partial charge in [-0.05, 0) is 18.2 Å². The molecule has 0 spiro atoms. The molecule has 0 aliphatic carbocycles. The van der Waals surface area contributed by atoms with Gasteiger partial charge in [0.2, 0.25) is 0 Å². The summed E-state index contributed by atoms with van der Waals surface area (Å²) in [5.74, 6) is -0.155. The van der Waals surface area contributed by atoms with Crippen molar-refractivity contribution in [1.82, 2.24) is 14.5 Å². The van der Waals surface area contributed by atoms with Crippen molar-refractivity contribution < 1.29 is 4.79 Å². The highest BCUT2D eigenvalue weighted by Crippen LogP contribution is 2.15. The van der Waals surface area contributed by atoms with Crippen LogP contribution >= 0.6 is 0 Å². The predicted octanol–water partition coefficient (Wildman–Crippen LogP) is 2.22. The van der Waals surface area contributed by atoms with Gasteiger partial charge >= 0.3 is 0 Å². The molecule has 0 aliphatic heterocycles. The van der Waals surface area contributed by atoms with E-state index in [-0.39, 0.29) is 5.91 Å². The molecule has 1 aromatic carbocycles. The maximum Gasteiger partial charge on any atom is 0.255 e. The summed E-state index contributed by atoms with van der Waals surface area (Å²) in [6.07, 6.45) is 3.32. The van der Waals surface area contributed by atoms with Crippen molar-refractivity contribution in [2.24, 2.45) is 7.05 Å². The van der Waals surface area contributed by atoms with Crippen LogP contribution in [0.3, 0.4) is 0 Å². The van der Waals surface area contributed by atoms with Gasteiger partial charge in [0.05, 0.1) is 18.2 Å².